The van der Waals surface area contributed by atoms with E-state index in [4.69, 9.17) is 16.3 Å². The van der Waals surface area contributed by atoms with Crippen molar-refractivity contribution < 1.29 is 28.7 Å². The van der Waals surface area contributed by atoms with E-state index in [1.807, 2.05) is 23.1 Å². The van der Waals surface area contributed by atoms with Gasteiger partial charge in [0, 0.05) is 78.8 Å². The second-order valence-corrected chi connectivity index (χ2v) is 20.3. The van der Waals surface area contributed by atoms with Crippen LogP contribution in [0.1, 0.15) is 133 Å². The molecule has 5 amide bonds. The minimum absolute atomic E-state index is 0.0448. The minimum atomic E-state index is -0.951. The molecule has 11 nitrogen and oxygen atoms in total. The fourth-order valence-electron chi connectivity index (χ4n) is 11.9. The summed E-state index contributed by atoms with van der Waals surface area (Å²) >= 11 is 6.31. The van der Waals surface area contributed by atoms with Gasteiger partial charge in [-0.2, -0.15) is 5.26 Å². The molecule has 326 valence electrons. The van der Waals surface area contributed by atoms with E-state index in [9.17, 15) is 29.2 Å². The van der Waals surface area contributed by atoms with Crippen molar-refractivity contribution in [2.75, 3.05) is 25.0 Å². The SMILES string of the molecule is CN1C(=O)CCC(N2C(=O)c3ccc(N4CC(CCC5CCCC(C#Cc6ccc7c(c6)CN(C6C(C)(C)C(Oc8ccc(C#N)c(Cl)c8)C6(C)C)C7=O)CC5)C4)cc3C2=O)C1=O. The second-order valence-electron chi connectivity index (χ2n) is 19.8. The largest absolute Gasteiger partial charge is 0.489 e. The predicted octanol–water partition coefficient (Wildman–Crippen LogP) is 8.26. The van der Waals surface area contributed by atoms with Crippen molar-refractivity contribution in [2.45, 2.75) is 110 Å². The number of likely N-dealkylation sites (tertiary alicyclic amines) is 1. The Morgan fingerprint density at radius 2 is 1.52 bits per heavy atom. The molecule has 9 rings (SSSR count). The van der Waals surface area contributed by atoms with Gasteiger partial charge in [-0.1, -0.05) is 70.4 Å². The van der Waals surface area contributed by atoms with Crippen LogP contribution in [-0.4, -0.2) is 82.6 Å². The predicted molar refractivity (Wildman–Crippen MR) is 238 cm³/mol. The van der Waals surface area contributed by atoms with Gasteiger partial charge in [-0.3, -0.25) is 33.8 Å². The Balaban J connectivity index is 0.748. The van der Waals surface area contributed by atoms with Crippen molar-refractivity contribution >= 4 is 46.8 Å². The van der Waals surface area contributed by atoms with E-state index in [1.165, 1.54) is 32.7 Å². The molecule has 0 bridgehead atoms. The maximum absolute atomic E-state index is 13.9. The summed E-state index contributed by atoms with van der Waals surface area (Å²) in [5.41, 5.74) is 4.01. The summed E-state index contributed by atoms with van der Waals surface area (Å²) in [6.45, 7) is 11.0. The Bertz CT molecular complexity index is 2530. The summed E-state index contributed by atoms with van der Waals surface area (Å²) in [6.07, 6.45) is 8.20. The van der Waals surface area contributed by atoms with Crippen LogP contribution in [-0.2, 0) is 16.1 Å². The van der Waals surface area contributed by atoms with E-state index in [0.717, 1.165) is 64.5 Å². The highest BCUT2D eigenvalue weighted by molar-refractivity contribution is 6.31. The average molecular weight is 868 g/mol. The van der Waals surface area contributed by atoms with E-state index < -0.39 is 23.8 Å². The summed E-state index contributed by atoms with van der Waals surface area (Å²) in [4.78, 5) is 71.6. The lowest BCUT2D eigenvalue weighted by Gasteiger charge is -2.65. The number of benzene rings is 3. The first-order valence-corrected chi connectivity index (χ1v) is 22.8. The molecule has 2 saturated heterocycles. The molecule has 3 atom stereocenters. The van der Waals surface area contributed by atoms with Gasteiger partial charge >= 0.3 is 0 Å². The first-order valence-electron chi connectivity index (χ1n) is 22.5. The molecule has 12 heteroatoms. The molecule has 2 saturated carbocycles. The summed E-state index contributed by atoms with van der Waals surface area (Å²) < 4.78 is 6.49. The Kier molecular flexibility index (Phi) is 10.9. The van der Waals surface area contributed by atoms with E-state index in [-0.39, 0.29) is 47.6 Å². The normalized spacial score (nSPS) is 26.3. The maximum Gasteiger partial charge on any atom is 0.262 e. The highest BCUT2D eigenvalue weighted by atomic mass is 35.5. The molecule has 0 N–H and O–H groups in total. The summed E-state index contributed by atoms with van der Waals surface area (Å²) in [7, 11) is 1.40. The number of ether oxygens (including phenoxy) is 1. The van der Waals surface area contributed by atoms with Crippen LogP contribution in [0.25, 0.3) is 0 Å². The molecule has 0 aromatic heterocycles. The quantitative estimate of drug-likeness (QED) is 0.126. The van der Waals surface area contributed by atoms with Gasteiger partial charge in [0.15, 0.2) is 0 Å². The van der Waals surface area contributed by atoms with Crippen LogP contribution in [0.3, 0.4) is 0 Å². The highest BCUT2D eigenvalue weighted by Crippen LogP contribution is 2.59. The lowest BCUT2D eigenvalue weighted by Crippen LogP contribution is -2.74. The number of carbonyl (C=O) groups excluding carboxylic acids is 5. The fourth-order valence-corrected chi connectivity index (χ4v) is 12.1. The smallest absolute Gasteiger partial charge is 0.262 e. The molecule has 2 aliphatic carbocycles. The van der Waals surface area contributed by atoms with Gasteiger partial charge in [0.05, 0.1) is 21.7 Å². The van der Waals surface area contributed by atoms with Crippen molar-refractivity contribution in [1.29, 1.82) is 5.26 Å². The van der Waals surface area contributed by atoms with Gasteiger partial charge in [-0.15, -0.1) is 0 Å². The van der Waals surface area contributed by atoms with E-state index in [1.54, 1.807) is 30.3 Å². The zero-order chi connectivity index (χ0) is 44.5. The molecule has 0 spiro atoms. The number of nitriles is 1. The number of carbonyl (C=O) groups is 5. The maximum atomic E-state index is 13.9. The van der Waals surface area contributed by atoms with Crippen molar-refractivity contribution in [2.24, 2.45) is 28.6 Å². The number of piperidine rings is 1. The number of likely N-dealkylation sites (N-methyl/N-ethyl adjacent to an activating group) is 1. The van der Waals surface area contributed by atoms with Gasteiger partial charge in [-0.05, 0) is 98.0 Å². The third kappa shape index (κ3) is 7.46. The first kappa shape index (κ1) is 42.6. The molecule has 4 aliphatic heterocycles. The Hall–Kier alpha value is -5.65. The zero-order valence-electron chi connectivity index (χ0n) is 36.7. The monoisotopic (exact) mass is 867 g/mol. The topological polar surface area (TPSA) is 131 Å². The third-order valence-electron chi connectivity index (χ3n) is 15.0. The van der Waals surface area contributed by atoms with Crippen molar-refractivity contribution in [3.63, 3.8) is 0 Å². The van der Waals surface area contributed by atoms with E-state index in [2.05, 4.69) is 56.6 Å². The molecule has 3 aromatic carbocycles. The molecular weight excluding hydrogens is 814 g/mol. The van der Waals surface area contributed by atoms with Gasteiger partial charge in [0.2, 0.25) is 5.91 Å². The van der Waals surface area contributed by atoms with Gasteiger partial charge in [0.1, 0.15) is 24.0 Å². The summed E-state index contributed by atoms with van der Waals surface area (Å²) in [5.74, 6) is 7.61. The van der Waals surface area contributed by atoms with Crippen LogP contribution < -0.4 is 9.64 Å². The number of fused-ring (bicyclic) bond motifs is 2. The van der Waals surface area contributed by atoms with E-state index >= 15 is 0 Å². The molecule has 63 heavy (non-hydrogen) atoms. The van der Waals surface area contributed by atoms with Crippen LogP contribution in [0.2, 0.25) is 5.02 Å². The second kappa shape index (κ2) is 16.2. The zero-order valence-corrected chi connectivity index (χ0v) is 37.5. The summed E-state index contributed by atoms with van der Waals surface area (Å²) in [6, 6.07) is 17.7. The molecular formula is C51H54ClN5O6. The number of halogens is 1. The van der Waals surface area contributed by atoms with Crippen LogP contribution >= 0.6 is 11.6 Å². The number of nitrogens with zero attached hydrogens (tertiary/aromatic N) is 5. The van der Waals surface area contributed by atoms with Crippen LogP contribution in [0.5, 0.6) is 5.75 Å². The molecule has 6 aliphatic rings. The van der Waals surface area contributed by atoms with Crippen molar-refractivity contribution in [3.8, 4) is 23.7 Å². The summed E-state index contributed by atoms with van der Waals surface area (Å²) in [5, 5.41) is 9.64. The fraction of sp³-hybridized carbons (Fsp3) is 0.490. The third-order valence-corrected chi connectivity index (χ3v) is 15.3. The molecule has 3 aromatic rings. The highest BCUT2D eigenvalue weighted by Gasteiger charge is 2.67. The molecule has 0 radical (unpaired) electrons. The Morgan fingerprint density at radius 1 is 0.794 bits per heavy atom. The first-order chi connectivity index (χ1) is 30.1. The Labute approximate surface area is 374 Å². The average Bonchev–Trinajstić information content (AvgIpc) is 3.54. The lowest BCUT2D eigenvalue weighted by molar-refractivity contribution is -0.199. The number of hydrogen-bond donors (Lipinski definition) is 0. The number of amides is 5. The number of rotatable bonds is 8. The van der Waals surface area contributed by atoms with Crippen molar-refractivity contribution in [3.05, 3.63) is 93.0 Å². The van der Waals surface area contributed by atoms with Crippen molar-refractivity contribution in [1.82, 2.24) is 14.7 Å². The molecule has 4 fully saturated rings. The van der Waals surface area contributed by atoms with Crippen LogP contribution in [0, 0.1) is 51.8 Å². The number of hydrogen-bond acceptors (Lipinski definition) is 8. The van der Waals surface area contributed by atoms with Gasteiger partial charge in [0.25, 0.3) is 23.6 Å². The lowest BCUT2D eigenvalue weighted by atomic mass is 9.49. The number of imide groups is 2. The number of anilines is 1. The van der Waals surface area contributed by atoms with Crippen LogP contribution in [0.15, 0.2) is 54.6 Å². The standard InChI is InChI=1S/C51H54ClN5O6/c1-50(2)48(51(3,4)49(50)63-37-18-16-34(26-53)41(52)25-37)56-29-35-23-32(15-19-38(35)44(56)59)13-11-30-7-6-8-31(10-9-30)12-14-33-27-55(28-33)36-17-20-39-40(24-36)46(61)57(45(39)60)42-21-22-43(58)54(5)47(42)62/h15-20,23-25,30-31,33,42,48-49H,6-10,12,14,21-22,27-29H2,1-5H3. The van der Waals surface area contributed by atoms with Gasteiger partial charge < -0.3 is 14.5 Å². The Morgan fingerprint density at radius 3 is 2.27 bits per heavy atom. The van der Waals surface area contributed by atoms with Gasteiger partial charge in [-0.25, -0.2) is 0 Å². The molecule has 4 heterocycles. The molecule has 3 unspecified atom stereocenters. The van der Waals surface area contributed by atoms with Crippen LogP contribution in [0.4, 0.5) is 5.69 Å². The van der Waals surface area contributed by atoms with E-state index in [0.29, 0.717) is 51.8 Å². The minimum Gasteiger partial charge on any atom is -0.489 e.